The van der Waals surface area contributed by atoms with E-state index in [4.69, 9.17) is 0 Å². The molecule has 0 atom stereocenters. The van der Waals surface area contributed by atoms with Crippen molar-refractivity contribution < 1.29 is 0 Å². The predicted molar refractivity (Wildman–Crippen MR) is 73.1 cm³/mol. The van der Waals surface area contributed by atoms with E-state index in [-0.39, 0.29) is 10.8 Å². The number of aromatic nitrogens is 4. The van der Waals surface area contributed by atoms with Crippen molar-refractivity contribution in [1.82, 2.24) is 19.5 Å². The Morgan fingerprint density at radius 2 is 1.67 bits per heavy atom. The van der Waals surface area contributed by atoms with Gasteiger partial charge in [-0.2, -0.15) is 0 Å². The fourth-order valence-electron chi connectivity index (χ4n) is 1.67. The van der Waals surface area contributed by atoms with Crippen molar-refractivity contribution in [2.75, 3.05) is 0 Å². The Labute approximate surface area is 108 Å². The van der Waals surface area contributed by atoms with Gasteiger partial charge in [0.2, 0.25) is 0 Å². The second kappa shape index (κ2) is 3.97. The van der Waals surface area contributed by atoms with Gasteiger partial charge in [0.1, 0.15) is 18.0 Å². The van der Waals surface area contributed by atoms with Gasteiger partial charge in [0, 0.05) is 17.0 Å². The number of H-pyrrole nitrogens is 1. The summed E-state index contributed by atoms with van der Waals surface area (Å²) in [5.74, 6) is 1.95. The van der Waals surface area contributed by atoms with Crippen LogP contribution >= 0.6 is 0 Å². The highest BCUT2D eigenvalue weighted by Gasteiger charge is 2.20. The lowest BCUT2D eigenvalue weighted by Gasteiger charge is -2.14. The van der Waals surface area contributed by atoms with Crippen molar-refractivity contribution in [2.45, 2.75) is 52.4 Å². The molecule has 2 rings (SSSR count). The molecule has 0 aliphatic heterocycles. The highest BCUT2D eigenvalue weighted by molar-refractivity contribution is 5.25. The van der Waals surface area contributed by atoms with Crippen molar-refractivity contribution in [2.24, 2.45) is 0 Å². The number of nitrogens with zero attached hydrogens (tertiary/aromatic N) is 3. The van der Waals surface area contributed by atoms with Gasteiger partial charge in [0.15, 0.2) is 0 Å². The Morgan fingerprint density at radius 1 is 1.00 bits per heavy atom. The van der Waals surface area contributed by atoms with Gasteiger partial charge in [-0.1, -0.05) is 41.5 Å². The second-order valence-electron chi connectivity index (χ2n) is 6.78. The molecule has 1 N–H and O–H groups in total. The maximum Gasteiger partial charge on any atom is 0.135 e. The fraction of sp³-hybridized carbons (Fsp3) is 0.571. The first-order chi connectivity index (χ1) is 8.18. The molecule has 0 aliphatic carbocycles. The maximum atomic E-state index is 4.45. The molecule has 98 valence electrons. The van der Waals surface area contributed by atoms with Crippen molar-refractivity contribution in [3.8, 4) is 5.82 Å². The molecule has 18 heavy (non-hydrogen) atoms. The van der Waals surface area contributed by atoms with Gasteiger partial charge in [-0.15, -0.1) is 0 Å². The van der Waals surface area contributed by atoms with E-state index in [1.165, 1.54) is 0 Å². The summed E-state index contributed by atoms with van der Waals surface area (Å²) < 4.78 is 1.99. The van der Waals surface area contributed by atoms with Crippen LogP contribution in [0.2, 0.25) is 0 Å². The van der Waals surface area contributed by atoms with Crippen molar-refractivity contribution in [3.63, 3.8) is 0 Å². The van der Waals surface area contributed by atoms with E-state index >= 15 is 0 Å². The van der Waals surface area contributed by atoms with E-state index in [1.54, 1.807) is 0 Å². The first-order valence-electron chi connectivity index (χ1n) is 6.28. The quantitative estimate of drug-likeness (QED) is 0.840. The molecule has 0 aliphatic rings. The zero-order valence-electron chi connectivity index (χ0n) is 12.1. The third kappa shape index (κ3) is 2.47. The molecule has 4 heteroatoms. The Morgan fingerprint density at radius 3 is 2.11 bits per heavy atom. The van der Waals surface area contributed by atoms with Gasteiger partial charge >= 0.3 is 0 Å². The summed E-state index contributed by atoms with van der Waals surface area (Å²) in [6.45, 7) is 12.9. The Balaban J connectivity index is 2.33. The van der Waals surface area contributed by atoms with E-state index in [1.807, 2.05) is 17.1 Å². The number of imidazole rings is 2. The van der Waals surface area contributed by atoms with Crippen LogP contribution in [-0.4, -0.2) is 19.5 Å². The molecule has 2 aromatic heterocycles. The molecule has 0 amide bonds. The number of rotatable bonds is 1. The number of aromatic amines is 1. The van der Waals surface area contributed by atoms with Gasteiger partial charge in [-0.05, 0) is 0 Å². The summed E-state index contributed by atoms with van der Waals surface area (Å²) >= 11 is 0. The normalized spacial score (nSPS) is 13.0. The Kier molecular flexibility index (Phi) is 2.84. The van der Waals surface area contributed by atoms with Crippen molar-refractivity contribution in [3.05, 3.63) is 30.2 Å². The molecule has 2 aromatic rings. The smallest absolute Gasteiger partial charge is 0.135 e. The topological polar surface area (TPSA) is 46.5 Å². The molecule has 0 saturated heterocycles. The number of hydrogen-bond acceptors (Lipinski definition) is 2. The summed E-state index contributed by atoms with van der Waals surface area (Å²) in [5, 5.41) is 0. The lowest BCUT2D eigenvalue weighted by molar-refractivity contribution is 0.552. The van der Waals surface area contributed by atoms with Gasteiger partial charge in [-0.25, -0.2) is 9.97 Å². The molecule has 0 spiro atoms. The van der Waals surface area contributed by atoms with Gasteiger partial charge in [0.05, 0.1) is 11.9 Å². The van der Waals surface area contributed by atoms with Crippen LogP contribution < -0.4 is 0 Å². The first-order valence-corrected chi connectivity index (χ1v) is 6.28. The molecule has 2 heterocycles. The molecular formula is C14H22N4. The van der Waals surface area contributed by atoms with Crippen LogP contribution in [0.1, 0.15) is 53.1 Å². The fourth-order valence-corrected chi connectivity index (χ4v) is 1.67. The average molecular weight is 246 g/mol. The van der Waals surface area contributed by atoms with Crippen molar-refractivity contribution >= 4 is 0 Å². The summed E-state index contributed by atoms with van der Waals surface area (Å²) in [4.78, 5) is 12.2. The van der Waals surface area contributed by atoms with Crippen LogP contribution in [-0.2, 0) is 10.8 Å². The van der Waals surface area contributed by atoms with Crippen molar-refractivity contribution in [1.29, 1.82) is 0 Å². The zero-order chi connectivity index (χ0) is 13.6. The van der Waals surface area contributed by atoms with Gasteiger partial charge in [-0.3, -0.25) is 4.57 Å². The third-order valence-electron chi connectivity index (χ3n) is 2.90. The summed E-state index contributed by atoms with van der Waals surface area (Å²) in [7, 11) is 0. The van der Waals surface area contributed by atoms with Crippen LogP contribution in [0.15, 0.2) is 18.7 Å². The summed E-state index contributed by atoms with van der Waals surface area (Å²) in [6.07, 6.45) is 5.75. The van der Waals surface area contributed by atoms with E-state index in [0.717, 1.165) is 17.3 Å². The molecule has 0 radical (unpaired) electrons. The summed E-state index contributed by atoms with van der Waals surface area (Å²) in [5.41, 5.74) is 1.18. The van der Waals surface area contributed by atoms with Crippen LogP contribution in [0.5, 0.6) is 0 Å². The predicted octanol–water partition coefficient (Wildman–Crippen LogP) is 3.19. The van der Waals surface area contributed by atoms with Gasteiger partial charge in [0.25, 0.3) is 0 Å². The first kappa shape index (κ1) is 12.9. The molecular weight excluding hydrogens is 224 g/mol. The van der Waals surface area contributed by atoms with Crippen LogP contribution in [0.4, 0.5) is 0 Å². The highest BCUT2D eigenvalue weighted by Crippen LogP contribution is 2.22. The molecule has 0 aromatic carbocycles. The SMILES string of the molecule is CC(C)(C)c1cn(-c2cnc(C(C)(C)C)[nH]2)cn1. The monoisotopic (exact) mass is 246 g/mol. The minimum atomic E-state index is 0.0334. The molecule has 4 nitrogen and oxygen atoms in total. The second-order valence-corrected chi connectivity index (χ2v) is 6.78. The van der Waals surface area contributed by atoms with E-state index in [2.05, 4.69) is 62.7 Å². The third-order valence-corrected chi connectivity index (χ3v) is 2.90. The Hall–Kier alpha value is -1.58. The maximum absolute atomic E-state index is 4.45. The molecule has 0 fully saturated rings. The molecule has 0 unspecified atom stereocenters. The van der Waals surface area contributed by atoms with Crippen LogP contribution in [0.3, 0.4) is 0 Å². The molecule has 0 bridgehead atoms. The largest absolute Gasteiger partial charge is 0.328 e. The van der Waals surface area contributed by atoms with E-state index < -0.39 is 0 Å². The minimum Gasteiger partial charge on any atom is -0.328 e. The van der Waals surface area contributed by atoms with E-state index in [0.29, 0.717) is 0 Å². The standard InChI is InChI=1S/C14H22N4/c1-13(2,3)10-8-18(9-16-10)11-7-15-12(17-11)14(4,5)6/h7-9H,1-6H3,(H,15,17). The highest BCUT2D eigenvalue weighted by atomic mass is 15.1. The lowest BCUT2D eigenvalue weighted by atomic mass is 9.93. The minimum absolute atomic E-state index is 0.0334. The van der Waals surface area contributed by atoms with Crippen LogP contribution in [0.25, 0.3) is 5.82 Å². The molecule has 0 saturated carbocycles. The Bertz CT molecular complexity index is 484. The van der Waals surface area contributed by atoms with E-state index in [9.17, 15) is 0 Å². The van der Waals surface area contributed by atoms with Crippen LogP contribution in [0, 0.1) is 0 Å². The van der Waals surface area contributed by atoms with Gasteiger partial charge < -0.3 is 4.98 Å². The number of hydrogen-bond donors (Lipinski definition) is 1. The number of nitrogens with one attached hydrogen (secondary N) is 1. The average Bonchev–Trinajstić information content (AvgIpc) is 2.84. The zero-order valence-corrected chi connectivity index (χ0v) is 12.1. The lowest BCUT2D eigenvalue weighted by Crippen LogP contribution is -2.13. The summed E-state index contributed by atoms with van der Waals surface area (Å²) in [6, 6.07) is 0.